The van der Waals surface area contributed by atoms with Crippen molar-refractivity contribution in [2.75, 3.05) is 52.4 Å². The third kappa shape index (κ3) is 5.64. The van der Waals surface area contributed by atoms with Gasteiger partial charge in [-0.1, -0.05) is 51.1 Å². The lowest BCUT2D eigenvalue weighted by molar-refractivity contribution is -0.148. The molecule has 4 heteroatoms. The molecule has 1 aromatic carbocycles. The molecular formula is C31H49N3O. The molecule has 1 amide bonds. The zero-order valence-corrected chi connectivity index (χ0v) is 22.7. The molecule has 194 valence electrons. The highest BCUT2D eigenvalue weighted by Gasteiger charge is 2.56. The average Bonchev–Trinajstić information content (AvgIpc) is 3.22. The van der Waals surface area contributed by atoms with Crippen LogP contribution in [-0.4, -0.2) is 73.0 Å². The molecule has 2 aliphatic carbocycles. The van der Waals surface area contributed by atoms with Crippen LogP contribution in [0.5, 0.6) is 0 Å². The van der Waals surface area contributed by atoms with Gasteiger partial charge in [0.1, 0.15) is 0 Å². The summed E-state index contributed by atoms with van der Waals surface area (Å²) in [6.07, 6.45) is 10.9. The fourth-order valence-electron chi connectivity index (χ4n) is 8.78. The Bertz CT molecular complexity index is 863. The highest BCUT2D eigenvalue weighted by atomic mass is 16.2. The lowest BCUT2D eigenvalue weighted by Gasteiger charge is -2.57. The normalized spacial score (nSPS) is 34.0. The van der Waals surface area contributed by atoms with Crippen molar-refractivity contribution < 1.29 is 4.79 Å². The maximum absolute atomic E-state index is 14.2. The molecule has 2 saturated heterocycles. The lowest BCUT2D eigenvalue weighted by atomic mass is 9.47. The number of nitrogens with zero attached hydrogens (tertiary/aromatic N) is 3. The van der Waals surface area contributed by atoms with Gasteiger partial charge in [-0.05, 0) is 113 Å². The number of carbonyl (C=O) groups is 1. The minimum absolute atomic E-state index is 0.143. The number of likely N-dealkylation sites (tertiary alicyclic amines) is 1. The highest BCUT2D eigenvalue weighted by Crippen LogP contribution is 2.61. The maximum Gasteiger partial charge on any atom is 0.228 e. The first-order chi connectivity index (χ1) is 16.8. The molecule has 1 aromatic rings. The maximum atomic E-state index is 14.2. The number of hydrogen-bond acceptors (Lipinski definition) is 3. The van der Waals surface area contributed by atoms with Gasteiger partial charge >= 0.3 is 0 Å². The Morgan fingerprint density at radius 2 is 1.49 bits per heavy atom. The molecule has 0 aromatic heterocycles. The van der Waals surface area contributed by atoms with Crippen LogP contribution in [0.2, 0.25) is 0 Å². The number of carbonyl (C=O) groups excluding carboxylic acids is 1. The largest absolute Gasteiger partial charge is 0.341 e. The first kappa shape index (κ1) is 25.3. The summed E-state index contributed by atoms with van der Waals surface area (Å²) in [4.78, 5) is 21.7. The summed E-state index contributed by atoms with van der Waals surface area (Å²) >= 11 is 0. The van der Waals surface area contributed by atoms with Crippen molar-refractivity contribution >= 4 is 5.91 Å². The van der Waals surface area contributed by atoms with Crippen LogP contribution >= 0.6 is 0 Å². The molecule has 3 atom stereocenters. The van der Waals surface area contributed by atoms with Gasteiger partial charge in [-0.25, -0.2) is 0 Å². The molecule has 3 unspecified atom stereocenters. The summed E-state index contributed by atoms with van der Waals surface area (Å²) in [5.41, 5.74) is 1.72. The first-order valence-corrected chi connectivity index (χ1v) is 14.6. The van der Waals surface area contributed by atoms with Crippen molar-refractivity contribution in [1.29, 1.82) is 0 Å². The summed E-state index contributed by atoms with van der Waals surface area (Å²) in [5.74, 6) is 1.09. The molecule has 4 nitrogen and oxygen atoms in total. The standard InChI is InChI=1S/C31H49N3O/c1-29(2)21-26-22-30(3,25-31(23-26,24-29)27-11-5-4-6-12-27)28(35)34-18-10-17-33(19-20-34)16-9-15-32-13-7-8-14-32/h4-6,11-12,26H,7-10,13-25H2,1-3H3. The van der Waals surface area contributed by atoms with E-state index in [0.29, 0.717) is 17.2 Å². The topological polar surface area (TPSA) is 26.8 Å². The summed E-state index contributed by atoms with van der Waals surface area (Å²) in [6, 6.07) is 11.2. The number of rotatable bonds is 6. The average molecular weight is 480 g/mol. The van der Waals surface area contributed by atoms with Crippen LogP contribution in [0, 0.1) is 16.7 Å². The molecule has 35 heavy (non-hydrogen) atoms. The van der Waals surface area contributed by atoms with Crippen LogP contribution < -0.4 is 0 Å². The fraction of sp³-hybridized carbons (Fsp3) is 0.774. The quantitative estimate of drug-likeness (QED) is 0.534. The second kappa shape index (κ2) is 10.2. The van der Waals surface area contributed by atoms with E-state index in [4.69, 9.17) is 0 Å². The summed E-state index contributed by atoms with van der Waals surface area (Å²) in [5, 5.41) is 0. The predicted octanol–water partition coefficient (Wildman–Crippen LogP) is 5.57. The Kier molecular flexibility index (Phi) is 7.34. The Morgan fingerprint density at radius 1 is 0.800 bits per heavy atom. The van der Waals surface area contributed by atoms with Crippen LogP contribution in [0.4, 0.5) is 0 Å². The molecule has 0 spiro atoms. The van der Waals surface area contributed by atoms with Crippen molar-refractivity contribution in [3.05, 3.63) is 35.9 Å². The summed E-state index contributed by atoms with van der Waals surface area (Å²) in [7, 11) is 0. The van der Waals surface area contributed by atoms with Crippen molar-refractivity contribution in [2.24, 2.45) is 16.7 Å². The Labute approximate surface area is 214 Å². The van der Waals surface area contributed by atoms with E-state index in [1.165, 1.54) is 70.3 Å². The third-order valence-electron chi connectivity index (χ3n) is 9.73. The van der Waals surface area contributed by atoms with Crippen LogP contribution in [0.3, 0.4) is 0 Å². The Balaban J connectivity index is 1.25. The molecule has 2 aliphatic heterocycles. The number of amides is 1. The van der Waals surface area contributed by atoms with Crippen molar-refractivity contribution in [1.82, 2.24) is 14.7 Å². The van der Waals surface area contributed by atoms with Crippen molar-refractivity contribution in [3.8, 4) is 0 Å². The third-order valence-corrected chi connectivity index (χ3v) is 9.73. The second-order valence-electron chi connectivity index (χ2n) is 13.6. The molecular weight excluding hydrogens is 430 g/mol. The van der Waals surface area contributed by atoms with Gasteiger partial charge in [-0.3, -0.25) is 4.79 Å². The predicted molar refractivity (Wildman–Crippen MR) is 145 cm³/mol. The zero-order chi connectivity index (χ0) is 24.5. The second-order valence-corrected chi connectivity index (χ2v) is 13.6. The van der Waals surface area contributed by atoms with Crippen molar-refractivity contribution in [2.45, 2.75) is 84.0 Å². The minimum Gasteiger partial charge on any atom is -0.341 e. The molecule has 2 bridgehead atoms. The SMILES string of the molecule is CC1(C)CC2CC(C)(C(=O)N3CCCN(CCCN4CCCC4)CC3)CC(c3ccccc3)(C2)C1. The van der Waals surface area contributed by atoms with E-state index in [0.717, 1.165) is 45.4 Å². The summed E-state index contributed by atoms with van der Waals surface area (Å²) in [6.45, 7) is 16.3. The van der Waals surface area contributed by atoms with Crippen LogP contribution in [-0.2, 0) is 10.2 Å². The van der Waals surface area contributed by atoms with E-state index in [-0.39, 0.29) is 10.8 Å². The molecule has 4 aliphatic rings. The Morgan fingerprint density at radius 3 is 2.23 bits per heavy atom. The van der Waals surface area contributed by atoms with Gasteiger partial charge in [-0.15, -0.1) is 0 Å². The fourth-order valence-corrected chi connectivity index (χ4v) is 8.78. The van der Waals surface area contributed by atoms with Gasteiger partial charge in [0.2, 0.25) is 5.91 Å². The van der Waals surface area contributed by atoms with Gasteiger partial charge in [0, 0.05) is 25.0 Å². The number of hydrogen-bond donors (Lipinski definition) is 0. The van der Waals surface area contributed by atoms with Crippen molar-refractivity contribution in [3.63, 3.8) is 0 Å². The molecule has 0 N–H and O–H groups in total. The molecule has 2 saturated carbocycles. The van der Waals surface area contributed by atoms with E-state index in [1.54, 1.807) is 0 Å². The van der Waals surface area contributed by atoms with Gasteiger partial charge in [0.15, 0.2) is 0 Å². The smallest absolute Gasteiger partial charge is 0.228 e. The Hall–Kier alpha value is -1.39. The number of fused-ring (bicyclic) bond motifs is 2. The van der Waals surface area contributed by atoms with Gasteiger partial charge in [0.05, 0.1) is 0 Å². The monoisotopic (exact) mass is 479 g/mol. The highest BCUT2D eigenvalue weighted by molar-refractivity contribution is 5.83. The first-order valence-electron chi connectivity index (χ1n) is 14.6. The molecule has 5 rings (SSSR count). The van der Waals surface area contributed by atoms with Gasteiger partial charge in [0.25, 0.3) is 0 Å². The minimum atomic E-state index is -0.236. The van der Waals surface area contributed by atoms with Crippen LogP contribution in [0.15, 0.2) is 30.3 Å². The van der Waals surface area contributed by atoms with Crippen LogP contribution in [0.25, 0.3) is 0 Å². The van der Waals surface area contributed by atoms with Gasteiger partial charge < -0.3 is 14.7 Å². The molecule has 4 fully saturated rings. The summed E-state index contributed by atoms with van der Waals surface area (Å²) < 4.78 is 0. The zero-order valence-electron chi connectivity index (χ0n) is 22.7. The number of benzene rings is 1. The van der Waals surface area contributed by atoms with Gasteiger partial charge in [-0.2, -0.15) is 0 Å². The van der Waals surface area contributed by atoms with E-state index in [9.17, 15) is 4.79 Å². The van der Waals surface area contributed by atoms with Crippen LogP contribution in [0.1, 0.15) is 84.1 Å². The van der Waals surface area contributed by atoms with E-state index in [2.05, 4.69) is 65.8 Å². The molecule has 2 heterocycles. The van der Waals surface area contributed by atoms with E-state index in [1.807, 2.05) is 0 Å². The molecule has 0 radical (unpaired) electrons. The lowest BCUT2D eigenvalue weighted by Crippen LogP contribution is -2.55. The van der Waals surface area contributed by atoms with E-state index >= 15 is 0 Å². The van der Waals surface area contributed by atoms with E-state index < -0.39 is 0 Å².